The maximum Gasteiger partial charge on any atom is 0.163 e. The highest BCUT2D eigenvalue weighted by molar-refractivity contribution is 4.86. The Morgan fingerprint density at radius 3 is 2.42 bits per heavy atom. The molecule has 1 heterocycles. The predicted molar refractivity (Wildman–Crippen MR) is 45.8 cm³/mol. The molecule has 0 aromatic heterocycles. The Bertz CT molecular complexity index is 156. The molecule has 0 unspecified atom stereocenters. The lowest BCUT2D eigenvalue weighted by atomic mass is 9.98. The molecule has 0 aromatic rings. The average molecular weight is 174 g/mol. The first-order valence-corrected chi connectivity index (χ1v) is 4.49. The zero-order chi connectivity index (χ0) is 9.24. The molecule has 1 rings (SSSR count). The molecule has 0 radical (unpaired) electrons. The van der Waals surface area contributed by atoms with Crippen LogP contribution in [-0.2, 0) is 9.47 Å². The predicted octanol–water partition coefficient (Wildman–Crippen LogP) is 1.30. The highest BCUT2D eigenvalue weighted by atomic mass is 16.8. The summed E-state index contributed by atoms with van der Waals surface area (Å²) in [6, 6.07) is 0. The SMILES string of the molecule is CC[C@@]1(CCO)COC(C)(C)O1. The van der Waals surface area contributed by atoms with Crippen LogP contribution >= 0.6 is 0 Å². The molecule has 1 aliphatic rings. The van der Waals surface area contributed by atoms with Crippen LogP contribution in [0.2, 0.25) is 0 Å². The molecule has 0 aliphatic carbocycles. The first kappa shape index (κ1) is 9.96. The summed E-state index contributed by atoms with van der Waals surface area (Å²) < 4.78 is 11.2. The van der Waals surface area contributed by atoms with E-state index >= 15 is 0 Å². The van der Waals surface area contributed by atoms with Crippen molar-refractivity contribution in [3.8, 4) is 0 Å². The minimum Gasteiger partial charge on any atom is -0.396 e. The second-order valence-electron chi connectivity index (χ2n) is 3.80. The van der Waals surface area contributed by atoms with E-state index in [2.05, 4.69) is 6.92 Å². The Balaban J connectivity index is 2.59. The van der Waals surface area contributed by atoms with Crippen molar-refractivity contribution in [3.63, 3.8) is 0 Å². The van der Waals surface area contributed by atoms with E-state index in [4.69, 9.17) is 14.6 Å². The molecule has 0 amide bonds. The van der Waals surface area contributed by atoms with Gasteiger partial charge in [-0.15, -0.1) is 0 Å². The fraction of sp³-hybridized carbons (Fsp3) is 1.00. The molecule has 1 fully saturated rings. The van der Waals surface area contributed by atoms with Crippen molar-refractivity contribution >= 4 is 0 Å². The molecule has 0 saturated carbocycles. The first-order valence-electron chi connectivity index (χ1n) is 4.49. The summed E-state index contributed by atoms with van der Waals surface area (Å²) >= 11 is 0. The minimum atomic E-state index is -0.481. The number of aliphatic hydroxyl groups is 1. The van der Waals surface area contributed by atoms with Crippen LogP contribution in [0.5, 0.6) is 0 Å². The van der Waals surface area contributed by atoms with Gasteiger partial charge in [0.15, 0.2) is 5.79 Å². The molecule has 0 bridgehead atoms. The van der Waals surface area contributed by atoms with E-state index in [1.165, 1.54) is 0 Å². The van der Waals surface area contributed by atoms with Crippen LogP contribution in [0.3, 0.4) is 0 Å². The van der Waals surface area contributed by atoms with E-state index in [0.29, 0.717) is 13.0 Å². The van der Waals surface area contributed by atoms with Crippen LogP contribution in [0.25, 0.3) is 0 Å². The largest absolute Gasteiger partial charge is 0.396 e. The number of hydrogen-bond acceptors (Lipinski definition) is 3. The Kier molecular flexibility index (Phi) is 2.76. The van der Waals surface area contributed by atoms with Crippen molar-refractivity contribution in [3.05, 3.63) is 0 Å². The minimum absolute atomic E-state index is 0.160. The molecular weight excluding hydrogens is 156 g/mol. The summed E-state index contributed by atoms with van der Waals surface area (Å²) in [7, 11) is 0. The Morgan fingerprint density at radius 2 is 2.08 bits per heavy atom. The monoisotopic (exact) mass is 174 g/mol. The molecule has 72 valence electrons. The van der Waals surface area contributed by atoms with Gasteiger partial charge < -0.3 is 14.6 Å². The van der Waals surface area contributed by atoms with Gasteiger partial charge in [0.2, 0.25) is 0 Å². The lowest BCUT2D eigenvalue weighted by Crippen LogP contribution is -2.34. The topological polar surface area (TPSA) is 38.7 Å². The zero-order valence-electron chi connectivity index (χ0n) is 8.09. The number of aliphatic hydroxyl groups excluding tert-OH is 1. The lowest BCUT2D eigenvalue weighted by Gasteiger charge is -2.27. The van der Waals surface area contributed by atoms with E-state index in [9.17, 15) is 0 Å². The van der Waals surface area contributed by atoms with E-state index in [-0.39, 0.29) is 12.2 Å². The molecule has 1 N–H and O–H groups in total. The normalized spacial score (nSPS) is 34.0. The second-order valence-corrected chi connectivity index (χ2v) is 3.80. The van der Waals surface area contributed by atoms with Crippen LogP contribution < -0.4 is 0 Å². The van der Waals surface area contributed by atoms with Crippen LogP contribution in [0, 0.1) is 0 Å². The van der Waals surface area contributed by atoms with Gasteiger partial charge in [-0.05, 0) is 20.3 Å². The van der Waals surface area contributed by atoms with Crippen molar-refractivity contribution in [1.29, 1.82) is 0 Å². The van der Waals surface area contributed by atoms with Gasteiger partial charge in [-0.2, -0.15) is 0 Å². The fourth-order valence-electron chi connectivity index (χ4n) is 1.56. The molecule has 0 aromatic carbocycles. The van der Waals surface area contributed by atoms with Crippen molar-refractivity contribution in [1.82, 2.24) is 0 Å². The summed E-state index contributed by atoms with van der Waals surface area (Å²) in [5.74, 6) is -0.481. The van der Waals surface area contributed by atoms with Crippen molar-refractivity contribution in [2.24, 2.45) is 0 Å². The van der Waals surface area contributed by atoms with Gasteiger partial charge in [-0.3, -0.25) is 0 Å². The van der Waals surface area contributed by atoms with Gasteiger partial charge >= 0.3 is 0 Å². The Hall–Kier alpha value is -0.120. The Morgan fingerprint density at radius 1 is 1.42 bits per heavy atom. The third kappa shape index (κ3) is 1.97. The molecule has 1 atom stereocenters. The summed E-state index contributed by atoms with van der Waals surface area (Å²) in [6.07, 6.45) is 1.55. The molecule has 12 heavy (non-hydrogen) atoms. The molecule has 1 aliphatic heterocycles. The molecular formula is C9H18O3. The van der Waals surface area contributed by atoms with Gasteiger partial charge in [0.25, 0.3) is 0 Å². The number of hydrogen-bond donors (Lipinski definition) is 1. The van der Waals surface area contributed by atoms with Gasteiger partial charge in [-0.1, -0.05) is 6.92 Å². The van der Waals surface area contributed by atoms with Gasteiger partial charge in [-0.25, -0.2) is 0 Å². The first-order chi connectivity index (χ1) is 5.54. The quantitative estimate of drug-likeness (QED) is 0.701. The summed E-state index contributed by atoms with van der Waals surface area (Å²) in [6.45, 7) is 6.62. The van der Waals surface area contributed by atoms with Crippen molar-refractivity contribution in [2.75, 3.05) is 13.2 Å². The summed E-state index contributed by atoms with van der Waals surface area (Å²) in [5, 5.41) is 8.86. The fourth-order valence-corrected chi connectivity index (χ4v) is 1.56. The maximum absolute atomic E-state index is 8.86. The number of ether oxygens (including phenoxy) is 2. The van der Waals surface area contributed by atoms with Crippen LogP contribution in [0.4, 0.5) is 0 Å². The molecule has 3 nitrogen and oxygen atoms in total. The summed E-state index contributed by atoms with van der Waals surface area (Å²) in [5.41, 5.74) is -0.252. The second kappa shape index (κ2) is 3.32. The molecule has 1 saturated heterocycles. The lowest BCUT2D eigenvalue weighted by molar-refractivity contribution is -0.164. The molecule has 3 heteroatoms. The van der Waals surface area contributed by atoms with E-state index in [0.717, 1.165) is 6.42 Å². The van der Waals surface area contributed by atoms with E-state index in [1.807, 2.05) is 13.8 Å². The number of rotatable bonds is 3. The molecule has 0 spiro atoms. The standard InChI is InChI=1S/C9H18O3/c1-4-9(5-6-10)7-11-8(2,3)12-9/h10H,4-7H2,1-3H3/t9-/m1/s1. The van der Waals surface area contributed by atoms with Gasteiger partial charge in [0.1, 0.15) is 0 Å². The third-order valence-electron chi connectivity index (χ3n) is 2.36. The van der Waals surface area contributed by atoms with Gasteiger partial charge in [0, 0.05) is 13.0 Å². The van der Waals surface area contributed by atoms with Gasteiger partial charge in [0.05, 0.1) is 12.2 Å². The van der Waals surface area contributed by atoms with Crippen LogP contribution in [-0.4, -0.2) is 29.7 Å². The highest BCUT2D eigenvalue weighted by Crippen LogP contribution is 2.35. The van der Waals surface area contributed by atoms with Crippen LogP contribution in [0.15, 0.2) is 0 Å². The van der Waals surface area contributed by atoms with Crippen LogP contribution in [0.1, 0.15) is 33.6 Å². The van der Waals surface area contributed by atoms with Crippen molar-refractivity contribution in [2.45, 2.75) is 45.0 Å². The van der Waals surface area contributed by atoms with E-state index in [1.54, 1.807) is 0 Å². The highest BCUT2D eigenvalue weighted by Gasteiger charge is 2.43. The third-order valence-corrected chi connectivity index (χ3v) is 2.36. The maximum atomic E-state index is 8.86. The summed E-state index contributed by atoms with van der Waals surface area (Å²) in [4.78, 5) is 0. The Labute approximate surface area is 73.7 Å². The zero-order valence-corrected chi connectivity index (χ0v) is 8.09. The van der Waals surface area contributed by atoms with E-state index < -0.39 is 5.79 Å². The smallest absolute Gasteiger partial charge is 0.163 e. The van der Waals surface area contributed by atoms with Crippen molar-refractivity contribution < 1.29 is 14.6 Å². The average Bonchev–Trinajstić information content (AvgIpc) is 2.29.